The Morgan fingerprint density at radius 2 is 2.05 bits per heavy atom. The molecule has 2 rings (SSSR count). The number of rotatable bonds is 2. The molecule has 1 fully saturated rings. The van der Waals surface area contributed by atoms with Gasteiger partial charge in [0.25, 0.3) is 0 Å². The topological polar surface area (TPSA) is 50.1 Å². The summed E-state index contributed by atoms with van der Waals surface area (Å²) < 4.78 is 18.9. The van der Waals surface area contributed by atoms with Crippen LogP contribution in [0.25, 0.3) is 0 Å². The molecule has 0 saturated heterocycles. The first-order valence-corrected chi connectivity index (χ1v) is 6.78. The van der Waals surface area contributed by atoms with Crippen LogP contribution < -0.4 is 4.74 Å². The van der Waals surface area contributed by atoms with Crippen LogP contribution in [0.3, 0.4) is 0 Å². The number of carbonyl (C=O) groups is 1. The fourth-order valence-corrected chi connectivity index (χ4v) is 2.41. The van der Waals surface area contributed by atoms with Crippen LogP contribution in [0.4, 0.5) is 4.39 Å². The average molecular weight is 274 g/mol. The van der Waals surface area contributed by atoms with Crippen molar-refractivity contribution < 1.29 is 13.9 Å². The molecule has 20 heavy (non-hydrogen) atoms. The van der Waals surface area contributed by atoms with Crippen LogP contribution in [0.1, 0.15) is 43.7 Å². The number of esters is 1. The van der Waals surface area contributed by atoms with E-state index in [1.807, 2.05) is 0 Å². The van der Waals surface area contributed by atoms with E-state index < -0.39 is 5.82 Å². The van der Waals surface area contributed by atoms with E-state index in [9.17, 15) is 9.18 Å². The minimum absolute atomic E-state index is 0.0102. The van der Waals surface area contributed by atoms with E-state index in [0.29, 0.717) is 11.5 Å². The molecule has 0 spiro atoms. The minimum atomic E-state index is -0.655. The van der Waals surface area contributed by atoms with Gasteiger partial charge in [0.05, 0.1) is 11.5 Å². The van der Waals surface area contributed by atoms with Crippen molar-refractivity contribution in [3.8, 4) is 11.8 Å². The summed E-state index contributed by atoms with van der Waals surface area (Å²) in [7, 11) is 0. The first kappa shape index (κ1) is 14.5. The molecule has 1 aromatic carbocycles. The Morgan fingerprint density at radius 1 is 1.40 bits per heavy atom. The Bertz CT molecular complexity index is 531. The summed E-state index contributed by atoms with van der Waals surface area (Å²) in [6.07, 6.45) is 3.48. The fourth-order valence-electron chi connectivity index (χ4n) is 2.41. The van der Waals surface area contributed by atoms with Gasteiger partial charge in [0.1, 0.15) is 17.6 Å². The number of hydrogen-bond acceptors (Lipinski definition) is 3. The molecular weight excluding hydrogens is 257 g/mol. The number of hydrogen-bond donors (Lipinski definition) is 0. The molecule has 0 heterocycles. The first-order chi connectivity index (χ1) is 9.51. The van der Waals surface area contributed by atoms with Crippen LogP contribution in [0.5, 0.6) is 5.75 Å². The van der Waals surface area contributed by atoms with Crippen LogP contribution >= 0.6 is 0 Å². The molecule has 0 N–H and O–H groups in total. The molecule has 4 heteroatoms. The molecular formula is C16H17FNO2. The highest BCUT2D eigenvalue weighted by molar-refractivity contribution is 5.86. The van der Waals surface area contributed by atoms with Crippen molar-refractivity contribution in [2.24, 2.45) is 5.92 Å². The quantitative estimate of drug-likeness (QED) is 0.610. The smallest absolute Gasteiger partial charge is 0.318 e. The van der Waals surface area contributed by atoms with Crippen molar-refractivity contribution in [2.75, 3.05) is 0 Å². The zero-order chi connectivity index (χ0) is 14.7. The van der Waals surface area contributed by atoms with Crippen molar-refractivity contribution in [3.05, 3.63) is 35.0 Å². The van der Waals surface area contributed by atoms with E-state index in [2.05, 4.69) is 6.92 Å². The molecule has 0 aromatic heterocycles. The lowest BCUT2D eigenvalue weighted by atomic mass is 9.83. The lowest BCUT2D eigenvalue weighted by molar-refractivity contribution is -0.133. The van der Waals surface area contributed by atoms with Gasteiger partial charge in [0.2, 0.25) is 0 Å². The maximum atomic E-state index is 13.6. The van der Waals surface area contributed by atoms with Gasteiger partial charge in [0.15, 0.2) is 0 Å². The Balaban J connectivity index is 2.07. The van der Waals surface area contributed by atoms with E-state index in [1.165, 1.54) is 6.07 Å². The van der Waals surface area contributed by atoms with Crippen molar-refractivity contribution in [1.82, 2.24) is 0 Å². The van der Waals surface area contributed by atoms with Gasteiger partial charge in [-0.25, -0.2) is 4.39 Å². The van der Waals surface area contributed by atoms with Gasteiger partial charge in [0, 0.05) is 6.07 Å². The molecule has 0 aliphatic heterocycles. The van der Waals surface area contributed by atoms with Gasteiger partial charge in [-0.1, -0.05) is 6.92 Å². The summed E-state index contributed by atoms with van der Waals surface area (Å²) in [5.74, 6) is 0.541. The number of ether oxygens (including phenoxy) is 1. The maximum Gasteiger partial charge on any atom is 0.318 e. The van der Waals surface area contributed by atoms with Gasteiger partial charge < -0.3 is 4.74 Å². The largest absolute Gasteiger partial charge is 0.426 e. The molecule has 1 aliphatic rings. The van der Waals surface area contributed by atoms with Crippen LogP contribution in [-0.2, 0) is 4.79 Å². The van der Waals surface area contributed by atoms with Gasteiger partial charge >= 0.3 is 5.97 Å². The zero-order valence-corrected chi connectivity index (χ0v) is 11.7. The van der Waals surface area contributed by atoms with E-state index in [4.69, 9.17) is 10.00 Å². The third kappa shape index (κ3) is 3.16. The molecule has 1 saturated carbocycles. The molecule has 1 aromatic rings. The number of carbonyl (C=O) groups excluding carboxylic acids is 1. The number of nitrogens with zero attached hydrogens (tertiary/aromatic N) is 1. The van der Waals surface area contributed by atoms with Gasteiger partial charge in [-0.2, -0.15) is 5.26 Å². The predicted molar refractivity (Wildman–Crippen MR) is 72.4 cm³/mol. The number of halogens is 1. The summed E-state index contributed by atoms with van der Waals surface area (Å²) >= 11 is 0. The third-order valence-electron chi connectivity index (χ3n) is 3.75. The highest BCUT2D eigenvalue weighted by atomic mass is 19.1. The average Bonchev–Trinajstić information content (AvgIpc) is 2.39. The van der Waals surface area contributed by atoms with E-state index >= 15 is 0 Å². The SMILES string of the molecule is Cc1cc(OC(=O)[C]2CCC(C)CC2)cc(F)c1C#N. The Hall–Kier alpha value is -1.89. The molecule has 0 amide bonds. The molecule has 105 valence electrons. The second kappa shape index (κ2) is 6.04. The number of aryl methyl sites for hydroxylation is 1. The number of benzene rings is 1. The first-order valence-electron chi connectivity index (χ1n) is 6.78. The fraction of sp³-hybridized carbons (Fsp3) is 0.438. The number of nitriles is 1. The van der Waals surface area contributed by atoms with E-state index in [-0.39, 0.29) is 17.3 Å². The summed E-state index contributed by atoms with van der Waals surface area (Å²) in [5.41, 5.74) is 0.460. The molecule has 3 nitrogen and oxygen atoms in total. The van der Waals surface area contributed by atoms with Gasteiger partial charge in [-0.3, -0.25) is 4.79 Å². The molecule has 1 radical (unpaired) electrons. The van der Waals surface area contributed by atoms with E-state index in [1.54, 1.807) is 13.0 Å². The highest BCUT2D eigenvalue weighted by Gasteiger charge is 2.27. The Kier molecular flexibility index (Phi) is 4.39. The van der Waals surface area contributed by atoms with Crippen molar-refractivity contribution in [3.63, 3.8) is 0 Å². The van der Waals surface area contributed by atoms with Gasteiger partial charge in [-0.05, 0) is 50.2 Å². The van der Waals surface area contributed by atoms with Crippen LogP contribution in [0.15, 0.2) is 12.1 Å². The van der Waals surface area contributed by atoms with Crippen molar-refractivity contribution in [1.29, 1.82) is 5.26 Å². The summed E-state index contributed by atoms with van der Waals surface area (Å²) in [6.45, 7) is 3.79. The second-order valence-corrected chi connectivity index (χ2v) is 5.38. The van der Waals surface area contributed by atoms with Crippen LogP contribution in [0, 0.1) is 35.9 Å². The molecule has 0 unspecified atom stereocenters. The zero-order valence-electron chi connectivity index (χ0n) is 11.7. The van der Waals surface area contributed by atoms with Crippen LogP contribution in [0.2, 0.25) is 0 Å². The summed E-state index contributed by atoms with van der Waals surface area (Å²) in [4.78, 5) is 12.0. The van der Waals surface area contributed by atoms with Gasteiger partial charge in [-0.15, -0.1) is 0 Å². The van der Waals surface area contributed by atoms with Crippen LogP contribution in [-0.4, -0.2) is 5.97 Å². The monoisotopic (exact) mass is 274 g/mol. The molecule has 1 aliphatic carbocycles. The summed E-state index contributed by atoms with van der Waals surface area (Å²) in [6, 6.07) is 4.40. The molecule has 0 atom stereocenters. The lowest BCUT2D eigenvalue weighted by Crippen LogP contribution is -2.23. The second-order valence-electron chi connectivity index (χ2n) is 5.38. The molecule has 0 bridgehead atoms. The lowest BCUT2D eigenvalue weighted by Gasteiger charge is -2.23. The third-order valence-corrected chi connectivity index (χ3v) is 3.75. The Morgan fingerprint density at radius 3 is 2.60 bits per heavy atom. The summed E-state index contributed by atoms with van der Waals surface area (Å²) in [5, 5.41) is 8.80. The Labute approximate surface area is 118 Å². The van der Waals surface area contributed by atoms with Crippen molar-refractivity contribution >= 4 is 5.97 Å². The standard InChI is InChI=1S/C16H17FNO2/c1-10-3-5-12(6-4-10)16(19)20-13-7-11(2)14(9-18)15(17)8-13/h7-8,10H,3-6H2,1-2H3. The minimum Gasteiger partial charge on any atom is -0.426 e. The normalized spacial score (nSPS) is 16.7. The predicted octanol–water partition coefficient (Wildman–Crippen LogP) is 3.70. The maximum absolute atomic E-state index is 13.6. The highest BCUT2D eigenvalue weighted by Crippen LogP contribution is 2.31. The van der Waals surface area contributed by atoms with Crippen molar-refractivity contribution in [2.45, 2.75) is 39.5 Å². The van der Waals surface area contributed by atoms with E-state index in [0.717, 1.165) is 37.7 Å².